The summed E-state index contributed by atoms with van der Waals surface area (Å²) >= 11 is 0. The number of hydrogen-bond acceptors (Lipinski definition) is 6. The monoisotopic (exact) mass is 474 g/mol. The number of fused-ring (bicyclic) bond motifs is 1. The summed E-state index contributed by atoms with van der Waals surface area (Å²) in [6, 6.07) is 17.0. The first-order valence-electron chi connectivity index (χ1n) is 11.2. The van der Waals surface area contributed by atoms with Gasteiger partial charge in [-0.2, -0.15) is 0 Å². The Morgan fingerprint density at radius 3 is 2.57 bits per heavy atom. The predicted molar refractivity (Wildman–Crippen MR) is 129 cm³/mol. The summed E-state index contributed by atoms with van der Waals surface area (Å²) in [5.74, 6) is -1.82. The van der Waals surface area contributed by atoms with E-state index in [0.29, 0.717) is 18.8 Å². The van der Waals surface area contributed by atoms with Gasteiger partial charge in [0, 0.05) is 42.6 Å². The molecule has 0 radical (unpaired) electrons. The minimum atomic E-state index is -0.743. The number of morpholine rings is 1. The third-order valence-corrected chi connectivity index (χ3v) is 5.95. The molecule has 3 heterocycles. The molecular formula is C26H23FN4O4. The average Bonchev–Trinajstić information content (AvgIpc) is 2.90. The molecule has 9 heteroatoms. The summed E-state index contributed by atoms with van der Waals surface area (Å²) < 4.78 is 19.8. The second-order valence-electron chi connectivity index (χ2n) is 8.19. The number of halogens is 1. The Bertz CT molecular complexity index is 1450. The van der Waals surface area contributed by atoms with Crippen molar-refractivity contribution in [3.8, 4) is 16.9 Å². The highest BCUT2D eigenvalue weighted by Gasteiger charge is 2.20. The topological polar surface area (TPSA) is 96.2 Å². The lowest BCUT2D eigenvalue weighted by molar-refractivity contribution is 0.0942. The van der Waals surface area contributed by atoms with Crippen LogP contribution in [0.25, 0.3) is 16.8 Å². The molecule has 0 unspecified atom stereocenters. The molecule has 8 nitrogen and oxygen atoms in total. The maximum absolute atomic E-state index is 13.1. The van der Waals surface area contributed by atoms with Crippen LogP contribution in [-0.2, 0) is 11.3 Å². The van der Waals surface area contributed by atoms with Crippen LogP contribution in [0, 0.1) is 5.82 Å². The number of carbonyl (C=O) groups excluding carboxylic acids is 1. The molecule has 1 aliphatic rings. The quantitative estimate of drug-likeness (QED) is 0.462. The van der Waals surface area contributed by atoms with E-state index in [1.54, 1.807) is 12.3 Å². The number of amides is 1. The largest absolute Gasteiger partial charge is 0.501 e. The van der Waals surface area contributed by atoms with Gasteiger partial charge in [0.1, 0.15) is 11.5 Å². The van der Waals surface area contributed by atoms with E-state index < -0.39 is 17.2 Å². The Hall–Kier alpha value is -4.24. The average molecular weight is 474 g/mol. The van der Waals surface area contributed by atoms with Crippen molar-refractivity contribution < 1.29 is 19.0 Å². The molecular weight excluding hydrogens is 451 g/mol. The first kappa shape index (κ1) is 22.5. The molecule has 1 saturated heterocycles. The van der Waals surface area contributed by atoms with E-state index in [2.05, 4.69) is 15.2 Å². The first-order valence-corrected chi connectivity index (χ1v) is 11.2. The molecule has 0 bridgehead atoms. The van der Waals surface area contributed by atoms with Crippen LogP contribution in [0.15, 0.2) is 71.7 Å². The number of ether oxygens (including phenoxy) is 1. The lowest BCUT2D eigenvalue weighted by Gasteiger charge is -2.30. The van der Waals surface area contributed by atoms with Crippen molar-refractivity contribution in [1.82, 2.24) is 14.7 Å². The third-order valence-electron chi connectivity index (χ3n) is 5.95. The lowest BCUT2D eigenvalue weighted by atomic mass is 10.0. The van der Waals surface area contributed by atoms with Gasteiger partial charge in [0.05, 0.1) is 13.2 Å². The standard InChI is InChI=1S/C26H23FN4O4/c27-19-8-5-17(6-9-19)15-28-25(33)23-24(32)26(34)31-16-18(7-10-22(31)29-23)20-3-1-2-4-21(20)30-11-13-35-14-12-30/h1-10,16,32H,11-15H2,(H,28,33). The number of nitrogens with zero attached hydrogens (tertiary/aromatic N) is 3. The van der Waals surface area contributed by atoms with E-state index in [9.17, 15) is 19.1 Å². The number of carbonyl (C=O) groups is 1. The second kappa shape index (κ2) is 9.55. The summed E-state index contributed by atoms with van der Waals surface area (Å²) in [6.07, 6.45) is 1.61. The van der Waals surface area contributed by atoms with E-state index in [1.165, 1.54) is 28.7 Å². The van der Waals surface area contributed by atoms with Gasteiger partial charge in [-0.05, 0) is 35.9 Å². The predicted octanol–water partition coefficient (Wildman–Crippen LogP) is 2.97. The molecule has 2 aromatic heterocycles. The number of para-hydroxylation sites is 1. The fourth-order valence-electron chi connectivity index (χ4n) is 4.11. The second-order valence-corrected chi connectivity index (χ2v) is 8.19. The number of pyridine rings is 1. The van der Waals surface area contributed by atoms with Crippen LogP contribution in [0.1, 0.15) is 16.1 Å². The third kappa shape index (κ3) is 4.58. The number of nitrogens with one attached hydrogen (secondary N) is 1. The molecule has 0 atom stereocenters. The van der Waals surface area contributed by atoms with Crippen LogP contribution in [0.2, 0.25) is 0 Å². The molecule has 35 heavy (non-hydrogen) atoms. The van der Waals surface area contributed by atoms with Crippen LogP contribution in [0.5, 0.6) is 5.75 Å². The number of aromatic hydroxyl groups is 1. The van der Waals surface area contributed by atoms with Gasteiger partial charge < -0.3 is 20.1 Å². The molecule has 2 N–H and O–H groups in total. The van der Waals surface area contributed by atoms with Crippen molar-refractivity contribution >= 4 is 17.2 Å². The molecule has 5 rings (SSSR count). The molecule has 0 saturated carbocycles. The Morgan fingerprint density at radius 1 is 1.06 bits per heavy atom. The van der Waals surface area contributed by atoms with Crippen LogP contribution in [0.4, 0.5) is 10.1 Å². The van der Waals surface area contributed by atoms with Gasteiger partial charge in [-0.25, -0.2) is 9.37 Å². The Balaban J connectivity index is 1.46. The van der Waals surface area contributed by atoms with E-state index in [0.717, 1.165) is 29.9 Å². The van der Waals surface area contributed by atoms with Gasteiger partial charge in [-0.3, -0.25) is 14.0 Å². The highest BCUT2D eigenvalue weighted by molar-refractivity contribution is 5.95. The fraction of sp³-hybridized carbons (Fsp3) is 0.192. The zero-order chi connectivity index (χ0) is 24.4. The molecule has 0 aliphatic carbocycles. The maximum Gasteiger partial charge on any atom is 0.300 e. The van der Waals surface area contributed by atoms with Crippen molar-refractivity contribution in [2.24, 2.45) is 0 Å². The van der Waals surface area contributed by atoms with Crippen LogP contribution in [0.3, 0.4) is 0 Å². The number of anilines is 1. The minimum absolute atomic E-state index is 0.0941. The molecule has 178 valence electrons. The molecule has 4 aromatic rings. The Morgan fingerprint density at radius 2 is 1.80 bits per heavy atom. The summed E-state index contributed by atoms with van der Waals surface area (Å²) in [5.41, 5.74) is 2.52. The van der Waals surface area contributed by atoms with Gasteiger partial charge in [0.25, 0.3) is 5.91 Å². The smallest absolute Gasteiger partial charge is 0.300 e. The van der Waals surface area contributed by atoms with Crippen molar-refractivity contribution in [2.45, 2.75) is 6.54 Å². The highest BCUT2D eigenvalue weighted by atomic mass is 19.1. The minimum Gasteiger partial charge on any atom is -0.501 e. The molecule has 1 fully saturated rings. The van der Waals surface area contributed by atoms with E-state index in [4.69, 9.17) is 4.74 Å². The SMILES string of the molecule is O=C(NCc1ccc(F)cc1)c1nc2ccc(-c3ccccc3N3CCOCC3)cn2c(=O)c1O. The van der Waals surface area contributed by atoms with Crippen molar-refractivity contribution in [2.75, 3.05) is 31.2 Å². The zero-order valence-corrected chi connectivity index (χ0v) is 18.8. The van der Waals surface area contributed by atoms with Crippen molar-refractivity contribution in [3.05, 3.63) is 94.3 Å². The van der Waals surface area contributed by atoms with Crippen LogP contribution < -0.4 is 15.8 Å². The number of aromatic nitrogens is 2. The van der Waals surface area contributed by atoms with Gasteiger partial charge in [0.2, 0.25) is 5.75 Å². The summed E-state index contributed by atoms with van der Waals surface area (Å²) in [7, 11) is 0. The van der Waals surface area contributed by atoms with E-state index >= 15 is 0 Å². The normalized spacial score (nSPS) is 13.7. The van der Waals surface area contributed by atoms with Crippen LogP contribution in [-0.4, -0.2) is 46.7 Å². The molecule has 2 aromatic carbocycles. The maximum atomic E-state index is 13.1. The summed E-state index contributed by atoms with van der Waals surface area (Å²) in [6.45, 7) is 2.92. The van der Waals surface area contributed by atoms with Crippen LogP contribution >= 0.6 is 0 Å². The Labute approximate surface area is 200 Å². The highest BCUT2D eigenvalue weighted by Crippen LogP contribution is 2.31. The first-order chi connectivity index (χ1) is 17.0. The molecule has 0 spiro atoms. The summed E-state index contributed by atoms with van der Waals surface area (Å²) in [5, 5.41) is 13.1. The van der Waals surface area contributed by atoms with Gasteiger partial charge >= 0.3 is 5.56 Å². The van der Waals surface area contributed by atoms with Crippen molar-refractivity contribution in [1.29, 1.82) is 0 Å². The van der Waals surface area contributed by atoms with Crippen molar-refractivity contribution in [3.63, 3.8) is 0 Å². The molecule has 1 aliphatic heterocycles. The van der Waals surface area contributed by atoms with Gasteiger partial charge in [-0.15, -0.1) is 0 Å². The molecule has 1 amide bonds. The van der Waals surface area contributed by atoms with E-state index in [1.807, 2.05) is 30.3 Å². The zero-order valence-electron chi connectivity index (χ0n) is 18.8. The van der Waals surface area contributed by atoms with E-state index in [-0.39, 0.29) is 23.7 Å². The Kier molecular flexibility index (Phi) is 6.15. The fourth-order valence-corrected chi connectivity index (χ4v) is 4.11. The van der Waals surface area contributed by atoms with Gasteiger partial charge in [-0.1, -0.05) is 30.3 Å². The number of rotatable bonds is 5. The number of hydrogen-bond donors (Lipinski definition) is 2. The lowest BCUT2D eigenvalue weighted by Crippen LogP contribution is -2.36. The van der Waals surface area contributed by atoms with Gasteiger partial charge in [0.15, 0.2) is 5.69 Å². The number of benzene rings is 2. The summed E-state index contributed by atoms with van der Waals surface area (Å²) in [4.78, 5) is 32.1.